The Morgan fingerprint density at radius 2 is 1.74 bits per heavy atom. The van der Waals surface area contributed by atoms with Crippen LogP contribution in [0.4, 0.5) is 19.0 Å². The van der Waals surface area contributed by atoms with E-state index in [0.29, 0.717) is 29.8 Å². The Hall–Kier alpha value is -1.60. The maximum absolute atomic E-state index is 13.1. The Morgan fingerprint density at radius 3 is 2.48 bits per heavy atom. The van der Waals surface area contributed by atoms with E-state index in [9.17, 15) is 13.2 Å². The molecule has 2 aromatic rings. The minimum atomic E-state index is -4.54. The number of rotatable bonds is 1. The number of fused-ring (bicyclic) bond motifs is 1. The molecule has 2 heterocycles. The van der Waals surface area contributed by atoms with Crippen LogP contribution in [0, 0.1) is 0 Å². The van der Waals surface area contributed by atoms with Gasteiger partial charge in [0.1, 0.15) is 5.82 Å². The number of aromatic nitrogens is 2. The molecule has 1 saturated heterocycles. The summed E-state index contributed by atoms with van der Waals surface area (Å²) in [6.45, 7) is 3.10. The molecule has 0 amide bonds. The molecule has 0 radical (unpaired) electrons. The molecule has 4 nitrogen and oxygen atoms in total. The van der Waals surface area contributed by atoms with E-state index in [1.165, 1.54) is 0 Å². The molecule has 8 heteroatoms. The van der Waals surface area contributed by atoms with E-state index >= 15 is 0 Å². The van der Waals surface area contributed by atoms with Crippen molar-refractivity contribution >= 4 is 29.1 Å². The predicted molar refractivity (Wildman–Crippen MR) is 86.1 cm³/mol. The molecule has 1 aliphatic rings. The maximum atomic E-state index is 13.1. The Bertz CT molecular complexity index is 677. The van der Waals surface area contributed by atoms with Crippen molar-refractivity contribution in [2.75, 3.05) is 38.1 Å². The van der Waals surface area contributed by atoms with Crippen molar-refractivity contribution in [3.05, 3.63) is 30.1 Å². The molecular formula is C15H18ClF3N4. The minimum absolute atomic E-state index is 0. The third-order valence-electron chi connectivity index (χ3n) is 3.86. The number of nitrogens with zero attached hydrogens (tertiary/aromatic N) is 4. The molecule has 0 unspecified atom stereocenters. The van der Waals surface area contributed by atoms with Gasteiger partial charge in [-0.15, -0.1) is 12.4 Å². The van der Waals surface area contributed by atoms with Gasteiger partial charge < -0.3 is 9.80 Å². The van der Waals surface area contributed by atoms with E-state index in [-0.39, 0.29) is 12.4 Å². The zero-order valence-corrected chi connectivity index (χ0v) is 13.5. The largest absolute Gasteiger partial charge is 0.451 e. The predicted octanol–water partition coefficient (Wildman–Crippen LogP) is 3.21. The minimum Gasteiger partial charge on any atom is -0.355 e. The van der Waals surface area contributed by atoms with Gasteiger partial charge in [-0.1, -0.05) is 12.1 Å². The first-order chi connectivity index (χ1) is 10.4. The van der Waals surface area contributed by atoms with Crippen LogP contribution in [-0.2, 0) is 6.18 Å². The number of alkyl halides is 3. The second-order valence-corrected chi connectivity index (χ2v) is 5.53. The number of halogens is 4. The standard InChI is InChI=1S/C15H17F3N4.ClH/c1-21-7-4-8-22(10-9-21)13-11-5-2-3-6-12(11)19-14(20-13)15(16,17)18;/h2-3,5-6H,4,7-10H2,1H3;1H. The fraction of sp³-hybridized carbons (Fsp3) is 0.467. The van der Waals surface area contributed by atoms with Crippen LogP contribution in [0.1, 0.15) is 12.2 Å². The summed E-state index contributed by atoms with van der Waals surface area (Å²) < 4.78 is 39.2. The highest BCUT2D eigenvalue weighted by molar-refractivity contribution is 5.89. The summed E-state index contributed by atoms with van der Waals surface area (Å²) in [4.78, 5) is 11.6. The van der Waals surface area contributed by atoms with E-state index in [0.717, 1.165) is 19.5 Å². The molecule has 0 atom stereocenters. The van der Waals surface area contributed by atoms with Crippen LogP contribution >= 0.6 is 12.4 Å². The Kier molecular flexibility index (Phi) is 5.31. The third-order valence-corrected chi connectivity index (χ3v) is 3.86. The van der Waals surface area contributed by atoms with Gasteiger partial charge in [0.2, 0.25) is 5.82 Å². The second kappa shape index (κ2) is 6.88. The molecule has 1 fully saturated rings. The smallest absolute Gasteiger partial charge is 0.355 e. The zero-order valence-electron chi connectivity index (χ0n) is 12.7. The molecule has 1 aliphatic heterocycles. The van der Waals surface area contributed by atoms with E-state index in [2.05, 4.69) is 14.9 Å². The van der Waals surface area contributed by atoms with E-state index in [4.69, 9.17) is 0 Å². The molecule has 1 aromatic carbocycles. The van der Waals surface area contributed by atoms with Crippen LogP contribution in [0.3, 0.4) is 0 Å². The number of hydrogen-bond acceptors (Lipinski definition) is 4. The molecule has 1 aromatic heterocycles. The Morgan fingerprint density at radius 1 is 1.00 bits per heavy atom. The molecule has 23 heavy (non-hydrogen) atoms. The van der Waals surface area contributed by atoms with Gasteiger partial charge in [0, 0.05) is 25.0 Å². The topological polar surface area (TPSA) is 32.3 Å². The van der Waals surface area contributed by atoms with Gasteiger partial charge in [-0.2, -0.15) is 13.2 Å². The SMILES string of the molecule is CN1CCCN(c2nc(C(F)(F)F)nc3ccccc23)CC1.Cl. The number of para-hydroxylation sites is 1. The summed E-state index contributed by atoms with van der Waals surface area (Å²) in [5.41, 5.74) is 0.331. The fourth-order valence-corrected chi connectivity index (χ4v) is 2.69. The first-order valence-corrected chi connectivity index (χ1v) is 7.22. The fourth-order valence-electron chi connectivity index (χ4n) is 2.69. The van der Waals surface area contributed by atoms with E-state index in [1.807, 2.05) is 11.9 Å². The van der Waals surface area contributed by atoms with Crippen molar-refractivity contribution in [1.82, 2.24) is 14.9 Å². The first kappa shape index (κ1) is 17.7. The molecule has 0 saturated carbocycles. The highest BCUT2D eigenvalue weighted by Gasteiger charge is 2.36. The van der Waals surface area contributed by atoms with Crippen LogP contribution < -0.4 is 4.90 Å². The van der Waals surface area contributed by atoms with Crippen molar-refractivity contribution in [3.8, 4) is 0 Å². The molecular weight excluding hydrogens is 329 g/mol. The average molecular weight is 347 g/mol. The van der Waals surface area contributed by atoms with Crippen molar-refractivity contribution < 1.29 is 13.2 Å². The molecule has 0 aliphatic carbocycles. The lowest BCUT2D eigenvalue weighted by molar-refractivity contribution is -0.144. The normalized spacial score (nSPS) is 17.0. The monoisotopic (exact) mass is 346 g/mol. The van der Waals surface area contributed by atoms with Crippen molar-refractivity contribution in [1.29, 1.82) is 0 Å². The quantitative estimate of drug-likeness (QED) is 0.793. The lowest BCUT2D eigenvalue weighted by Gasteiger charge is -2.23. The maximum Gasteiger partial charge on any atom is 0.451 e. The highest BCUT2D eigenvalue weighted by atomic mass is 35.5. The van der Waals surface area contributed by atoms with Gasteiger partial charge in [-0.25, -0.2) is 9.97 Å². The van der Waals surface area contributed by atoms with Gasteiger partial charge in [-0.05, 0) is 32.1 Å². The van der Waals surface area contributed by atoms with Crippen LogP contribution in [0.5, 0.6) is 0 Å². The van der Waals surface area contributed by atoms with Crippen LogP contribution in [0.15, 0.2) is 24.3 Å². The molecule has 0 N–H and O–H groups in total. The number of hydrogen-bond donors (Lipinski definition) is 0. The van der Waals surface area contributed by atoms with Crippen LogP contribution in [0.25, 0.3) is 10.9 Å². The molecule has 3 rings (SSSR count). The summed E-state index contributed by atoms with van der Waals surface area (Å²) in [7, 11) is 2.02. The van der Waals surface area contributed by atoms with Crippen LogP contribution in [0.2, 0.25) is 0 Å². The van der Waals surface area contributed by atoms with Gasteiger partial charge in [0.25, 0.3) is 0 Å². The Balaban J connectivity index is 0.00000192. The number of likely N-dealkylation sites (N-methyl/N-ethyl adjacent to an activating group) is 1. The second-order valence-electron chi connectivity index (χ2n) is 5.53. The first-order valence-electron chi connectivity index (χ1n) is 7.22. The lowest BCUT2D eigenvalue weighted by Crippen LogP contribution is -2.30. The molecule has 0 bridgehead atoms. The van der Waals surface area contributed by atoms with Gasteiger partial charge in [-0.3, -0.25) is 0 Å². The van der Waals surface area contributed by atoms with Crippen LogP contribution in [-0.4, -0.2) is 48.1 Å². The number of benzene rings is 1. The third kappa shape index (κ3) is 3.84. The van der Waals surface area contributed by atoms with Gasteiger partial charge in [0.15, 0.2) is 0 Å². The van der Waals surface area contributed by atoms with E-state index in [1.54, 1.807) is 24.3 Å². The van der Waals surface area contributed by atoms with E-state index < -0.39 is 12.0 Å². The van der Waals surface area contributed by atoms with Crippen molar-refractivity contribution in [2.24, 2.45) is 0 Å². The number of anilines is 1. The van der Waals surface area contributed by atoms with Gasteiger partial charge >= 0.3 is 6.18 Å². The zero-order chi connectivity index (χ0) is 15.7. The summed E-state index contributed by atoms with van der Waals surface area (Å²) >= 11 is 0. The molecule has 0 spiro atoms. The highest BCUT2D eigenvalue weighted by Crippen LogP contribution is 2.31. The summed E-state index contributed by atoms with van der Waals surface area (Å²) in [5.74, 6) is -0.688. The molecule has 126 valence electrons. The summed E-state index contributed by atoms with van der Waals surface area (Å²) in [5, 5.41) is 0.667. The Labute approximate surface area is 138 Å². The van der Waals surface area contributed by atoms with Crippen molar-refractivity contribution in [3.63, 3.8) is 0 Å². The summed E-state index contributed by atoms with van der Waals surface area (Å²) in [6.07, 6.45) is -3.64. The van der Waals surface area contributed by atoms with Crippen molar-refractivity contribution in [2.45, 2.75) is 12.6 Å². The lowest BCUT2D eigenvalue weighted by atomic mass is 10.2. The van der Waals surface area contributed by atoms with Gasteiger partial charge in [0.05, 0.1) is 5.52 Å². The average Bonchev–Trinajstić information content (AvgIpc) is 2.70. The summed E-state index contributed by atoms with van der Waals surface area (Å²) in [6, 6.07) is 6.86.